The third-order valence-corrected chi connectivity index (χ3v) is 4.18. The lowest BCUT2D eigenvalue weighted by Crippen LogP contribution is -2.43. The maximum Gasteiger partial charge on any atom is 0.311 e. The van der Waals surface area contributed by atoms with Crippen molar-refractivity contribution in [2.45, 2.75) is 45.6 Å². The number of hydrogen-bond acceptors (Lipinski definition) is 6. The van der Waals surface area contributed by atoms with Crippen LogP contribution >= 0.6 is 11.6 Å². The van der Waals surface area contributed by atoms with E-state index in [0.717, 1.165) is 16.7 Å². The molecule has 1 aromatic carbocycles. The van der Waals surface area contributed by atoms with Gasteiger partial charge in [-0.1, -0.05) is 0 Å². The second-order valence-electron chi connectivity index (χ2n) is 5.60. The van der Waals surface area contributed by atoms with Gasteiger partial charge in [-0.3, -0.25) is 19.8 Å². The van der Waals surface area contributed by atoms with E-state index in [1.165, 1.54) is 0 Å². The highest BCUT2D eigenvalue weighted by molar-refractivity contribution is 6.63. The number of ether oxygens (including phenoxy) is 2. The van der Waals surface area contributed by atoms with E-state index in [-0.39, 0.29) is 18.7 Å². The topological polar surface area (TPSA) is 108 Å². The number of carbonyl (C=O) groups is 3. The standard InChI is InChI=1S/C16H19ClN2O5/c1-8-9(2)15-10(3-4-11(24-15)16(22)19-18)7-12(8)23-14(21)6-5-13(17)20/h7,11H,3-6,18H2,1-2H3,(H,19,22). The average Bonchev–Trinajstić information content (AvgIpc) is 2.56. The van der Waals surface area contributed by atoms with Crippen molar-refractivity contribution >= 4 is 28.7 Å². The predicted molar refractivity (Wildman–Crippen MR) is 86.7 cm³/mol. The van der Waals surface area contributed by atoms with Gasteiger partial charge in [0.1, 0.15) is 11.5 Å². The summed E-state index contributed by atoms with van der Waals surface area (Å²) in [6.45, 7) is 3.62. The van der Waals surface area contributed by atoms with Crippen LogP contribution in [0.1, 0.15) is 36.0 Å². The van der Waals surface area contributed by atoms with Crippen molar-refractivity contribution in [1.82, 2.24) is 5.43 Å². The number of esters is 1. The monoisotopic (exact) mass is 354 g/mol. The minimum Gasteiger partial charge on any atom is -0.480 e. The molecule has 0 saturated carbocycles. The van der Waals surface area contributed by atoms with Crippen molar-refractivity contribution < 1.29 is 23.9 Å². The van der Waals surface area contributed by atoms with Crippen LogP contribution in [0.25, 0.3) is 0 Å². The van der Waals surface area contributed by atoms with E-state index in [0.29, 0.717) is 24.3 Å². The molecule has 8 heteroatoms. The minimum absolute atomic E-state index is 0.0671. The molecule has 1 aliphatic rings. The number of benzene rings is 1. The molecule has 0 spiro atoms. The van der Waals surface area contributed by atoms with Crippen LogP contribution in [0.15, 0.2) is 6.07 Å². The Hall–Kier alpha value is -2.12. The molecule has 24 heavy (non-hydrogen) atoms. The molecule has 0 radical (unpaired) electrons. The molecule has 130 valence electrons. The molecule has 0 fully saturated rings. The summed E-state index contributed by atoms with van der Waals surface area (Å²) in [7, 11) is 0. The number of hydrazine groups is 1. The van der Waals surface area contributed by atoms with Gasteiger partial charge in [0.05, 0.1) is 6.42 Å². The average molecular weight is 355 g/mol. The number of nitrogens with one attached hydrogen (secondary N) is 1. The van der Waals surface area contributed by atoms with Gasteiger partial charge in [0.25, 0.3) is 5.91 Å². The highest BCUT2D eigenvalue weighted by Crippen LogP contribution is 2.38. The van der Waals surface area contributed by atoms with E-state index in [2.05, 4.69) is 5.43 Å². The van der Waals surface area contributed by atoms with Gasteiger partial charge in [0.2, 0.25) is 5.24 Å². The van der Waals surface area contributed by atoms with Crippen molar-refractivity contribution in [1.29, 1.82) is 0 Å². The highest BCUT2D eigenvalue weighted by Gasteiger charge is 2.28. The molecule has 2 rings (SSSR count). The lowest BCUT2D eigenvalue weighted by Gasteiger charge is -2.27. The van der Waals surface area contributed by atoms with Gasteiger partial charge in [0.15, 0.2) is 6.10 Å². The number of hydrogen-bond donors (Lipinski definition) is 2. The summed E-state index contributed by atoms with van der Waals surface area (Å²) < 4.78 is 11.1. The summed E-state index contributed by atoms with van der Waals surface area (Å²) in [4.78, 5) is 34.2. The summed E-state index contributed by atoms with van der Waals surface area (Å²) >= 11 is 5.22. The molecule has 0 aliphatic carbocycles. The Kier molecular flexibility index (Phi) is 5.80. The first-order valence-corrected chi connectivity index (χ1v) is 7.90. The van der Waals surface area contributed by atoms with Crippen LogP contribution in [0.2, 0.25) is 0 Å². The molecule has 1 aromatic rings. The van der Waals surface area contributed by atoms with Gasteiger partial charge < -0.3 is 9.47 Å². The number of amides is 1. The molecule has 7 nitrogen and oxygen atoms in total. The number of fused-ring (bicyclic) bond motifs is 1. The Labute approximate surface area is 144 Å². The fourth-order valence-corrected chi connectivity index (χ4v) is 2.62. The van der Waals surface area contributed by atoms with E-state index in [1.54, 1.807) is 13.0 Å². The second kappa shape index (κ2) is 7.63. The first-order chi connectivity index (χ1) is 11.3. The highest BCUT2D eigenvalue weighted by atomic mass is 35.5. The van der Waals surface area contributed by atoms with Crippen molar-refractivity contribution in [3.8, 4) is 11.5 Å². The van der Waals surface area contributed by atoms with Crippen molar-refractivity contribution in [2.24, 2.45) is 5.84 Å². The van der Waals surface area contributed by atoms with E-state index < -0.39 is 17.3 Å². The zero-order valence-electron chi connectivity index (χ0n) is 13.5. The van der Waals surface area contributed by atoms with E-state index in [4.69, 9.17) is 26.9 Å². The maximum absolute atomic E-state index is 11.8. The molecule has 0 aromatic heterocycles. The summed E-state index contributed by atoms with van der Waals surface area (Å²) in [6.07, 6.45) is 0.297. The number of carbonyl (C=O) groups excluding carboxylic acids is 3. The zero-order chi connectivity index (χ0) is 17.9. The third-order valence-electron chi connectivity index (χ3n) is 3.99. The first-order valence-electron chi connectivity index (χ1n) is 7.52. The van der Waals surface area contributed by atoms with Crippen LogP contribution in [0.5, 0.6) is 11.5 Å². The fraction of sp³-hybridized carbons (Fsp3) is 0.438. The lowest BCUT2D eigenvalue weighted by molar-refractivity contribution is -0.135. The zero-order valence-corrected chi connectivity index (χ0v) is 14.2. The van der Waals surface area contributed by atoms with Gasteiger partial charge >= 0.3 is 5.97 Å². The molecule has 0 bridgehead atoms. The molecular weight excluding hydrogens is 336 g/mol. The predicted octanol–water partition coefficient (Wildman–Crippen LogP) is 1.44. The normalized spacial score (nSPS) is 15.9. The van der Waals surface area contributed by atoms with Crippen LogP contribution in [0.3, 0.4) is 0 Å². The summed E-state index contributed by atoms with van der Waals surface area (Å²) in [6, 6.07) is 1.73. The Morgan fingerprint density at radius 2 is 2.04 bits per heavy atom. The van der Waals surface area contributed by atoms with E-state index in [1.807, 2.05) is 6.92 Å². The van der Waals surface area contributed by atoms with Gasteiger partial charge in [-0.25, -0.2) is 5.84 Å². The van der Waals surface area contributed by atoms with E-state index in [9.17, 15) is 14.4 Å². The van der Waals surface area contributed by atoms with Crippen LogP contribution in [-0.4, -0.2) is 23.2 Å². The molecule has 1 heterocycles. The molecule has 1 atom stereocenters. The van der Waals surface area contributed by atoms with Gasteiger partial charge in [0, 0.05) is 6.42 Å². The quantitative estimate of drug-likeness (QED) is 0.207. The molecule has 1 unspecified atom stereocenters. The first kappa shape index (κ1) is 18.2. The second-order valence-corrected chi connectivity index (χ2v) is 6.02. The molecule has 1 aliphatic heterocycles. The Balaban J connectivity index is 2.20. The number of nitrogens with two attached hydrogens (primary N) is 1. The number of halogens is 1. The largest absolute Gasteiger partial charge is 0.480 e. The van der Waals surface area contributed by atoms with Gasteiger partial charge in [-0.05, 0) is 61.0 Å². The molecular formula is C16H19ClN2O5. The Morgan fingerprint density at radius 1 is 1.33 bits per heavy atom. The third kappa shape index (κ3) is 4.04. The Morgan fingerprint density at radius 3 is 2.67 bits per heavy atom. The number of rotatable bonds is 5. The Bertz CT molecular complexity index is 690. The van der Waals surface area contributed by atoms with Crippen LogP contribution in [-0.2, 0) is 20.8 Å². The maximum atomic E-state index is 11.8. The molecule has 0 saturated heterocycles. The van der Waals surface area contributed by atoms with E-state index >= 15 is 0 Å². The SMILES string of the molecule is Cc1c(OC(=O)CCC(=O)Cl)cc2c(c1C)OC(C(=O)NN)CC2. The fourth-order valence-electron chi connectivity index (χ4n) is 2.52. The molecule has 1 amide bonds. The minimum atomic E-state index is -0.635. The summed E-state index contributed by atoms with van der Waals surface area (Å²) in [5, 5.41) is -0.581. The van der Waals surface area contributed by atoms with Crippen LogP contribution in [0.4, 0.5) is 0 Å². The van der Waals surface area contributed by atoms with Crippen LogP contribution in [0, 0.1) is 13.8 Å². The smallest absolute Gasteiger partial charge is 0.311 e. The van der Waals surface area contributed by atoms with Gasteiger partial charge in [-0.15, -0.1) is 0 Å². The lowest BCUT2D eigenvalue weighted by atomic mass is 9.96. The number of aryl methyl sites for hydroxylation is 1. The van der Waals surface area contributed by atoms with Crippen molar-refractivity contribution in [3.63, 3.8) is 0 Å². The van der Waals surface area contributed by atoms with Gasteiger partial charge in [-0.2, -0.15) is 0 Å². The van der Waals surface area contributed by atoms with Crippen molar-refractivity contribution in [3.05, 3.63) is 22.8 Å². The summed E-state index contributed by atoms with van der Waals surface area (Å²) in [5.74, 6) is 5.28. The molecule has 3 N–H and O–H groups in total. The van der Waals surface area contributed by atoms with Crippen molar-refractivity contribution in [2.75, 3.05) is 0 Å². The van der Waals surface area contributed by atoms with Crippen LogP contribution < -0.4 is 20.7 Å². The summed E-state index contributed by atoms with van der Waals surface area (Å²) in [5.41, 5.74) is 4.47.